The van der Waals surface area contributed by atoms with Crippen LogP contribution in [0, 0.1) is 0 Å². The first-order valence-electron chi connectivity index (χ1n) is 11.1. The maximum Gasteiger partial charge on any atom is 0.262 e. The largest absolute Gasteiger partial charge is 0.493 e. The van der Waals surface area contributed by atoms with Crippen molar-refractivity contribution in [3.8, 4) is 17.2 Å². The standard InChI is InChI=1S/C27H30N2O5/c1-4-19-9-12-21(13-10-19)34-18-26(30)29-23-8-6-5-7-22(23)27(31)28-16-15-20-11-14-24(32-2)25(17-20)33-3/h5-14,17H,4,15-16,18H2,1-3H3,(H,28,31)(H,29,30). The zero-order valence-electron chi connectivity index (χ0n) is 19.7. The fourth-order valence-electron chi connectivity index (χ4n) is 3.40. The summed E-state index contributed by atoms with van der Waals surface area (Å²) in [5.41, 5.74) is 3.02. The van der Waals surface area contributed by atoms with E-state index in [9.17, 15) is 9.59 Å². The van der Waals surface area contributed by atoms with Crippen LogP contribution in [0.25, 0.3) is 0 Å². The van der Waals surface area contributed by atoms with Gasteiger partial charge in [-0.3, -0.25) is 9.59 Å². The molecule has 3 rings (SSSR count). The van der Waals surface area contributed by atoms with Gasteiger partial charge in [0.15, 0.2) is 18.1 Å². The van der Waals surface area contributed by atoms with Crippen molar-refractivity contribution in [3.05, 3.63) is 83.4 Å². The lowest BCUT2D eigenvalue weighted by molar-refractivity contribution is -0.118. The Morgan fingerprint density at radius 2 is 1.56 bits per heavy atom. The molecule has 178 valence electrons. The number of ether oxygens (including phenoxy) is 3. The van der Waals surface area contributed by atoms with Gasteiger partial charge in [0.05, 0.1) is 25.5 Å². The molecule has 2 N–H and O–H groups in total. The molecule has 0 aliphatic heterocycles. The van der Waals surface area contributed by atoms with E-state index in [1.165, 1.54) is 5.56 Å². The van der Waals surface area contributed by atoms with Gasteiger partial charge in [0.2, 0.25) is 0 Å². The number of anilines is 1. The van der Waals surface area contributed by atoms with E-state index in [0.717, 1.165) is 12.0 Å². The number of rotatable bonds is 11. The van der Waals surface area contributed by atoms with Crippen LogP contribution in [0.5, 0.6) is 17.2 Å². The molecule has 0 fully saturated rings. The van der Waals surface area contributed by atoms with E-state index >= 15 is 0 Å². The van der Waals surface area contributed by atoms with Crippen LogP contribution in [0.3, 0.4) is 0 Å². The monoisotopic (exact) mass is 462 g/mol. The summed E-state index contributed by atoms with van der Waals surface area (Å²) in [4.78, 5) is 25.2. The molecule has 0 saturated carbocycles. The van der Waals surface area contributed by atoms with Crippen LogP contribution in [-0.4, -0.2) is 39.2 Å². The Morgan fingerprint density at radius 1 is 0.853 bits per heavy atom. The van der Waals surface area contributed by atoms with Gasteiger partial charge in [0.1, 0.15) is 5.75 Å². The first kappa shape index (κ1) is 24.6. The fraction of sp³-hybridized carbons (Fsp3) is 0.259. The summed E-state index contributed by atoms with van der Waals surface area (Å²) in [5, 5.41) is 5.67. The number of methoxy groups -OCH3 is 2. The Kier molecular flexibility index (Phi) is 8.91. The summed E-state index contributed by atoms with van der Waals surface area (Å²) >= 11 is 0. The number of benzene rings is 3. The topological polar surface area (TPSA) is 85.9 Å². The predicted molar refractivity (Wildman–Crippen MR) is 132 cm³/mol. The van der Waals surface area contributed by atoms with Crippen molar-refractivity contribution in [2.45, 2.75) is 19.8 Å². The minimum atomic E-state index is -0.342. The van der Waals surface area contributed by atoms with E-state index in [0.29, 0.717) is 41.5 Å². The molecule has 0 bridgehead atoms. The molecule has 7 nitrogen and oxygen atoms in total. The molecule has 0 unspecified atom stereocenters. The van der Waals surface area contributed by atoms with E-state index in [1.807, 2.05) is 42.5 Å². The summed E-state index contributed by atoms with van der Waals surface area (Å²) in [6, 6.07) is 20.1. The van der Waals surface area contributed by atoms with E-state index in [2.05, 4.69) is 17.6 Å². The highest BCUT2D eigenvalue weighted by atomic mass is 16.5. The van der Waals surface area contributed by atoms with Gasteiger partial charge in [-0.25, -0.2) is 0 Å². The molecule has 0 aromatic heterocycles. The van der Waals surface area contributed by atoms with Crippen molar-refractivity contribution in [2.24, 2.45) is 0 Å². The Labute approximate surface area is 200 Å². The van der Waals surface area contributed by atoms with Gasteiger partial charge in [-0.1, -0.05) is 37.3 Å². The lowest BCUT2D eigenvalue weighted by Crippen LogP contribution is -2.28. The average molecular weight is 463 g/mol. The van der Waals surface area contributed by atoms with Crippen LogP contribution >= 0.6 is 0 Å². The second kappa shape index (κ2) is 12.3. The van der Waals surface area contributed by atoms with E-state index < -0.39 is 0 Å². The highest BCUT2D eigenvalue weighted by Gasteiger charge is 2.13. The molecule has 0 heterocycles. The van der Waals surface area contributed by atoms with Crippen molar-refractivity contribution >= 4 is 17.5 Å². The molecule has 0 saturated heterocycles. The zero-order valence-corrected chi connectivity index (χ0v) is 19.7. The van der Waals surface area contributed by atoms with Crippen LogP contribution in [-0.2, 0) is 17.6 Å². The van der Waals surface area contributed by atoms with Gasteiger partial charge in [-0.2, -0.15) is 0 Å². The quantitative estimate of drug-likeness (QED) is 0.445. The highest BCUT2D eigenvalue weighted by molar-refractivity contribution is 6.04. The van der Waals surface area contributed by atoms with Crippen LogP contribution in [0.2, 0.25) is 0 Å². The predicted octanol–water partition coefficient (Wildman–Crippen LogP) is 4.26. The lowest BCUT2D eigenvalue weighted by Gasteiger charge is -2.13. The number of hydrogen-bond donors (Lipinski definition) is 2. The molecule has 34 heavy (non-hydrogen) atoms. The molecule has 2 amide bonds. The van der Waals surface area contributed by atoms with Crippen LogP contribution in [0.1, 0.15) is 28.4 Å². The summed E-state index contributed by atoms with van der Waals surface area (Å²) in [6.07, 6.45) is 1.55. The molecule has 0 atom stereocenters. The van der Waals surface area contributed by atoms with Crippen LogP contribution < -0.4 is 24.8 Å². The number of carbonyl (C=O) groups excluding carboxylic acids is 2. The Hall–Kier alpha value is -4.00. The number of amides is 2. The first-order chi connectivity index (χ1) is 16.5. The second-order valence-electron chi connectivity index (χ2n) is 7.58. The third kappa shape index (κ3) is 6.75. The van der Waals surface area contributed by atoms with Crippen molar-refractivity contribution < 1.29 is 23.8 Å². The summed E-state index contributed by atoms with van der Waals surface area (Å²) in [7, 11) is 3.17. The SMILES string of the molecule is CCc1ccc(OCC(=O)Nc2ccccc2C(=O)NCCc2ccc(OC)c(OC)c2)cc1. The number of aryl methyl sites for hydroxylation is 1. The van der Waals surface area contributed by atoms with Crippen molar-refractivity contribution in [2.75, 3.05) is 32.7 Å². The van der Waals surface area contributed by atoms with E-state index in [-0.39, 0.29) is 18.4 Å². The van der Waals surface area contributed by atoms with Gasteiger partial charge in [0, 0.05) is 6.54 Å². The van der Waals surface area contributed by atoms with Gasteiger partial charge < -0.3 is 24.8 Å². The van der Waals surface area contributed by atoms with Gasteiger partial charge in [-0.15, -0.1) is 0 Å². The molecule has 0 radical (unpaired) electrons. The Bertz CT molecular complexity index is 1110. The Balaban J connectivity index is 1.54. The molecular weight excluding hydrogens is 432 g/mol. The average Bonchev–Trinajstić information content (AvgIpc) is 2.87. The molecule has 0 aliphatic rings. The van der Waals surface area contributed by atoms with Crippen LogP contribution in [0.4, 0.5) is 5.69 Å². The lowest BCUT2D eigenvalue weighted by atomic mass is 10.1. The van der Waals surface area contributed by atoms with E-state index in [1.54, 1.807) is 38.5 Å². The van der Waals surface area contributed by atoms with Crippen molar-refractivity contribution in [1.82, 2.24) is 5.32 Å². The minimum Gasteiger partial charge on any atom is -0.493 e. The fourth-order valence-corrected chi connectivity index (χ4v) is 3.40. The number of carbonyl (C=O) groups is 2. The summed E-state index contributed by atoms with van der Waals surface area (Å²) < 4.78 is 16.1. The van der Waals surface area contributed by atoms with Crippen molar-refractivity contribution in [1.29, 1.82) is 0 Å². The summed E-state index contributed by atoms with van der Waals surface area (Å²) in [5.74, 6) is 1.30. The number of hydrogen-bond acceptors (Lipinski definition) is 5. The zero-order chi connectivity index (χ0) is 24.3. The second-order valence-corrected chi connectivity index (χ2v) is 7.58. The van der Waals surface area contributed by atoms with Crippen molar-refractivity contribution in [3.63, 3.8) is 0 Å². The summed E-state index contributed by atoms with van der Waals surface area (Å²) in [6.45, 7) is 2.35. The molecule has 3 aromatic rings. The number of para-hydroxylation sites is 1. The first-order valence-corrected chi connectivity index (χ1v) is 11.1. The van der Waals surface area contributed by atoms with Crippen LogP contribution in [0.15, 0.2) is 66.7 Å². The maximum atomic E-state index is 12.8. The van der Waals surface area contributed by atoms with Gasteiger partial charge >= 0.3 is 0 Å². The smallest absolute Gasteiger partial charge is 0.262 e. The molecule has 3 aromatic carbocycles. The highest BCUT2D eigenvalue weighted by Crippen LogP contribution is 2.27. The number of nitrogens with one attached hydrogen (secondary N) is 2. The molecule has 0 aliphatic carbocycles. The van der Waals surface area contributed by atoms with Gasteiger partial charge in [-0.05, 0) is 60.4 Å². The minimum absolute atomic E-state index is 0.152. The third-order valence-corrected chi connectivity index (χ3v) is 5.29. The maximum absolute atomic E-state index is 12.8. The molecular formula is C27H30N2O5. The third-order valence-electron chi connectivity index (χ3n) is 5.29. The van der Waals surface area contributed by atoms with Gasteiger partial charge in [0.25, 0.3) is 11.8 Å². The normalized spacial score (nSPS) is 10.3. The van der Waals surface area contributed by atoms with E-state index in [4.69, 9.17) is 14.2 Å². The molecule has 7 heteroatoms. The molecule has 0 spiro atoms. The Morgan fingerprint density at radius 3 is 2.26 bits per heavy atom.